The lowest BCUT2D eigenvalue weighted by Gasteiger charge is -2.16. The summed E-state index contributed by atoms with van der Waals surface area (Å²) in [5, 5.41) is 12.0. The smallest absolute Gasteiger partial charge is 0.262 e. The van der Waals surface area contributed by atoms with Gasteiger partial charge in [0.15, 0.2) is 10.6 Å². The van der Waals surface area contributed by atoms with Crippen LogP contribution in [0.5, 0.6) is 5.88 Å². The zero-order valence-corrected chi connectivity index (χ0v) is 13.6. The van der Waals surface area contributed by atoms with E-state index in [1.165, 1.54) is 10.6 Å². The molecule has 1 aliphatic rings. The quantitative estimate of drug-likeness (QED) is 0.843. The number of benzene rings is 1. The predicted molar refractivity (Wildman–Crippen MR) is 89.3 cm³/mol. The summed E-state index contributed by atoms with van der Waals surface area (Å²) in [6.45, 7) is 3.90. The maximum absolute atomic E-state index is 12.2. The Labute approximate surface area is 137 Å². The summed E-state index contributed by atoms with van der Waals surface area (Å²) in [5.41, 5.74) is -0.352. The van der Waals surface area contributed by atoms with Crippen LogP contribution >= 0.6 is 12.2 Å². The molecule has 1 atom stereocenters. The maximum Gasteiger partial charge on any atom is 0.262 e. The molecule has 0 saturated heterocycles. The number of H-pyrrole nitrogens is 1. The Morgan fingerprint density at radius 2 is 1.96 bits per heavy atom. The minimum absolute atomic E-state index is 0.0360. The second kappa shape index (κ2) is 5.92. The van der Waals surface area contributed by atoms with Crippen LogP contribution in [0, 0.1) is 4.77 Å². The minimum atomic E-state index is -0.457. The van der Waals surface area contributed by atoms with Crippen LogP contribution in [0.15, 0.2) is 44.9 Å². The van der Waals surface area contributed by atoms with Crippen LogP contribution in [-0.2, 0) is 0 Å². The van der Waals surface area contributed by atoms with E-state index in [4.69, 9.17) is 12.2 Å². The zero-order valence-electron chi connectivity index (χ0n) is 12.8. The van der Waals surface area contributed by atoms with Gasteiger partial charge in [0.1, 0.15) is 5.56 Å². The number of aromatic hydroxyl groups is 1. The van der Waals surface area contributed by atoms with Gasteiger partial charge in [-0.15, -0.1) is 0 Å². The van der Waals surface area contributed by atoms with Crippen molar-refractivity contribution in [2.45, 2.75) is 26.3 Å². The molecule has 1 unspecified atom stereocenters. The topological polar surface area (TPSA) is 82.7 Å². The first-order valence-electron chi connectivity index (χ1n) is 7.33. The lowest BCUT2D eigenvalue weighted by atomic mass is 10.2. The fourth-order valence-electron chi connectivity index (χ4n) is 2.39. The van der Waals surface area contributed by atoms with Gasteiger partial charge in [-0.1, -0.05) is 19.1 Å². The van der Waals surface area contributed by atoms with Crippen LogP contribution in [0.3, 0.4) is 0 Å². The number of aromatic nitrogens is 2. The Hall–Kier alpha value is -2.54. The highest BCUT2D eigenvalue weighted by atomic mass is 32.1. The number of aromatic amines is 1. The number of nitrogens with one attached hydrogen (secondary N) is 1. The molecule has 2 aromatic rings. The van der Waals surface area contributed by atoms with Gasteiger partial charge in [0, 0.05) is 12.1 Å². The molecule has 6 nitrogen and oxygen atoms in total. The van der Waals surface area contributed by atoms with Gasteiger partial charge in [0.05, 0.1) is 10.7 Å². The monoisotopic (exact) mass is 328 g/mol. The molecule has 2 N–H and O–H groups in total. The molecule has 23 heavy (non-hydrogen) atoms. The summed E-state index contributed by atoms with van der Waals surface area (Å²) in [6.07, 6.45) is 2.24. The third kappa shape index (κ3) is 2.75. The normalized spacial score (nSPS) is 13.9. The summed E-state index contributed by atoms with van der Waals surface area (Å²) >= 11 is 5.15. The van der Waals surface area contributed by atoms with Gasteiger partial charge in [-0.05, 0) is 37.7 Å². The van der Waals surface area contributed by atoms with Crippen LogP contribution in [0.4, 0.5) is 0 Å². The number of nitrogens with zero attached hydrogens (tertiary/aromatic N) is 3. The number of fused-ring (bicyclic) bond motifs is 1. The highest BCUT2D eigenvalue weighted by Crippen LogP contribution is 2.23. The lowest BCUT2D eigenvalue weighted by Crippen LogP contribution is -2.19. The predicted octanol–water partition coefficient (Wildman–Crippen LogP) is 1.83. The van der Waals surface area contributed by atoms with Crippen molar-refractivity contribution >= 4 is 18.3 Å². The van der Waals surface area contributed by atoms with Crippen molar-refractivity contribution in [3.63, 3.8) is 0 Å². The van der Waals surface area contributed by atoms with Crippen molar-refractivity contribution in [1.82, 2.24) is 9.55 Å². The van der Waals surface area contributed by atoms with Crippen molar-refractivity contribution in [2.75, 3.05) is 0 Å². The largest absolute Gasteiger partial charge is 0.494 e. The van der Waals surface area contributed by atoms with Gasteiger partial charge >= 0.3 is 0 Å². The maximum atomic E-state index is 12.2. The molecule has 0 amide bonds. The Kier molecular flexibility index (Phi) is 3.96. The molecule has 3 rings (SSSR count). The van der Waals surface area contributed by atoms with Crippen molar-refractivity contribution in [3.05, 3.63) is 61.5 Å². The van der Waals surface area contributed by atoms with E-state index in [9.17, 15) is 9.90 Å². The first-order valence-corrected chi connectivity index (χ1v) is 7.74. The molecule has 118 valence electrons. The van der Waals surface area contributed by atoms with Crippen LogP contribution < -0.4 is 16.3 Å². The van der Waals surface area contributed by atoms with Crippen molar-refractivity contribution < 1.29 is 5.11 Å². The van der Waals surface area contributed by atoms with Gasteiger partial charge in [-0.2, -0.15) is 0 Å². The molecule has 0 fully saturated rings. The zero-order chi connectivity index (χ0) is 16.6. The van der Waals surface area contributed by atoms with E-state index in [0.717, 1.165) is 17.1 Å². The van der Waals surface area contributed by atoms with E-state index < -0.39 is 5.56 Å². The average Bonchev–Trinajstić information content (AvgIpc) is 2.93. The summed E-state index contributed by atoms with van der Waals surface area (Å²) < 4.78 is 1.73. The summed E-state index contributed by atoms with van der Waals surface area (Å²) in [6, 6.07) is 7.39. The molecular weight excluding hydrogens is 312 g/mol. The molecule has 1 aromatic heterocycles. The molecule has 1 aromatic carbocycles. The number of hydrogen-bond donors (Lipinski definition) is 2. The van der Waals surface area contributed by atoms with Crippen LogP contribution in [0.2, 0.25) is 0 Å². The number of rotatable bonds is 3. The van der Waals surface area contributed by atoms with Gasteiger partial charge in [0.25, 0.3) is 5.56 Å². The molecule has 1 aliphatic heterocycles. The highest BCUT2D eigenvalue weighted by molar-refractivity contribution is 7.71. The van der Waals surface area contributed by atoms with E-state index in [1.54, 1.807) is 0 Å². The molecule has 0 aliphatic carbocycles. The van der Waals surface area contributed by atoms with E-state index >= 15 is 0 Å². The van der Waals surface area contributed by atoms with Gasteiger partial charge in [-0.25, -0.2) is 9.98 Å². The third-order valence-corrected chi connectivity index (χ3v) is 4.11. The molecule has 0 radical (unpaired) electrons. The second-order valence-electron chi connectivity index (χ2n) is 5.34. The first-order chi connectivity index (χ1) is 11.0. The Morgan fingerprint density at radius 3 is 2.52 bits per heavy atom. The Bertz CT molecular complexity index is 996. The fraction of sp³-hybridized carbons (Fsp3) is 0.250. The minimum Gasteiger partial charge on any atom is -0.494 e. The van der Waals surface area contributed by atoms with E-state index in [-0.39, 0.29) is 22.3 Å². The Morgan fingerprint density at radius 1 is 1.35 bits per heavy atom. The second-order valence-corrected chi connectivity index (χ2v) is 5.73. The van der Waals surface area contributed by atoms with Crippen molar-refractivity contribution in [3.8, 4) is 5.88 Å². The van der Waals surface area contributed by atoms with Crippen LogP contribution in [0.25, 0.3) is 6.08 Å². The molecule has 0 saturated carbocycles. The van der Waals surface area contributed by atoms with Gasteiger partial charge in [-0.3, -0.25) is 14.3 Å². The summed E-state index contributed by atoms with van der Waals surface area (Å²) in [7, 11) is 0. The summed E-state index contributed by atoms with van der Waals surface area (Å²) in [4.78, 5) is 23.4. The molecular formula is C16H16N4O2S. The van der Waals surface area contributed by atoms with Gasteiger partial charge < -0.3 is 5.11 Å². The highest BCUT2D eigenvalue weighted by Gasteiger charge is 2.15. The van der Waals surface area contributed by atoms with Crippen LogP contribution in [-0.4, -0.2) is 14.7 Å². The SMILES string of the molecule is CCC(C)n1c(O)c(C=C2N=c3ccccc3=N2)c(=O)[nH]c1=S. The molecule has 0 spiro atoms. The van der Waals surface area contributed by atoms with E-state index in [2.05, 4.69) is 15.0 Å². The van der Waals surface area contributed by atoms with E-state index in [1.807, 2.05) is 38.1 Å². The number of hydrogen-bond acceptors (Lipinski definition) is 5. The fourth-order valence-corrected chi connectivity index (χ4v) is 2.75. The van der Waals surface area contributed by atoms with Crippen molar-refractivity contribution in [1.29, 1.82) is 0 Å². The van der Waals surface area contributed by atoms with Gasteiger partial charge in [0.2, 0.25) is 5.88 Å². The summed E-state index contributed by atoms with van der Waals surface area (Å²) in [5.74, 6) is 0.210. The molecule has 2 heterocycles. The average molecular weight is 328 g/mol. The van der Waals surface area contributed by atoms with Crippen LogP contribution in [0.1, 0.15) is 31.9 Å². The molecule has 7 heteroatoms. The molecule has 0 bridgehead atoms. The van der Waals surface area contributed by atoms with Crippen molar-refractivity contribution in [2.24, 2.45) is 9.98 Å². The number of para-hydroxylation sites is 2. The third-order valence-electron chi connectivity index (χ3n) is 3.81. The van der Waals surface area contributed by atoms with E-state index in [0.29, 0.717) is 5.82 Å². The first kappa shape index (κ1) is 15.4. The standard InChI is InChI=1S/C16H16N4O2S/c1-3-9(2)20-15(22)10(14(21)19-16(20)23)8-13-17-11-6-4-5-7-12(11)18-13/h4-9,22H,3H2,1-2H3,(H,19,21,23). The lowest BCUT2D eigenvalue weighted by molar-refractivity contribution is 0.371. The Balaban J connectivity index is 2.19.